The molecular weight excluding hydrogens is 438 g/mol. The number of thiazole rings is 1. The Kier molecular flexibility index (Phi) is 5.43. The Morgan fingerprint density at radius 3 is 2.70 bits per heavy atom. The molecule has 7 nitrogen and oxygen atoms in total. The summed E-state index contributed by atoms with van der Waals surface area (Å²) in [6.45, 7) is 1.97. The van der Waals surface area contributed by atoms with Crippen LogP contribution >= 0.6 is 11.3 Å². The number of ether oxygens (including phenoxy) is 3. The van der Waals surface area contributed by atoms with Gasteiger partial charge in [-0.2, -0.15) is 9.50 Å². The summed E-state index contributed by atoms with van der Waals surface area (Å²) >= 11 is 1.31. The average molecular weight is 460 g/mol. The number of para-hydroxylation sites is 1. The molecule has 166 valence electrons. The molecule has 0 amide bonds. The van der Waals surface area contributed by atoms with Gasteiger partial charge < -0.3 is 14.2 Å². The minimum Gasteiger partial charge on any atom is -0.493 e. The average Bonchev–Trinajstić information content (AvgIpc) is 3.36. The Morgan fingerprint density at radius 2 is 1.91 bits per heavy atom. The van der Waals surface area contributed by atoms with Crippen molar-refractivity contribution in [3.05, 3.63) is 79.9 Å². The SMILES string of the molecule is COc1ccc(/C=C/c2nc3s/c(=C\C4=Cc5ccccc5O[C@@H]4C)c(=O)n3n2)cc1OC. The van der Waals surface area contributed by atoms with Crippen LogP contribution in [0.1, 0.15) is 23.9 Å². The number of rotatable bonds is 5. The highest BCUT2D eigenvalue weighted by molar-refractivity contribution is 7.15. The van der Waals surface area contributed by atoms with E-state index in [2.05, 4.69) is 16.2 Å². The van der Waals surface area contributed by atoms with Crippen molar-refractivity contribution >= 4 is 40.6 Å². The van der Waals surface area contributed by atoms with Crippen LogP contribution in [-0.4, -0.2) is 34.9 Å². The highest BCUT2D eigenvalue weighted by Gasteiger charge is 2.18. The van der Waals surface area contributed by atoms with E-state index >= 15 is 0 Å². The first-order valence-electron chi connectivity index (χ1n) is 10.3. The van der Waals surface area contributed by atoms with Crippen LogP contribution in [0.3, 0.4) is 0 Å². The van der Waals surface area contributed by atoms with Crippen LogP contribution in [0.15, 0.2) is 52.8 Å². The Hall–Kier alpha value is -3.91. The number of benzene rings is 2. The van der Waals surface area contributed by atoms with Gasteiger partial charge in [0.1, 0.15) is 11.9 Å². The molecule has 3 heterocycles. The molecule has 0 bridgehead atoms. The van der Waals surface area contributed by atoms with Crippen LogP contribution in [0.2, 0.25) is 0 Å². The molecule has 0 spiro atoms. The molecule has 1 atom stereocenters. The number of nitrogens with zero attached hydrogens (tertiary/aromatic N) is 3. The molecule has 1 aliphatic heterocycles. The van der Waals surface area contributed by atoms with Crippen molar-refractivity contribution < 1.29 is 14.2 Å². The van der Waals surface area contributed by atoms with Crippen LogP contribution in [-0.2, 0) is 0 Å². The number of aromatic nitrogens is 3. The Morgan fingerprint density at radius 1 is 1.09 bits per heavy atom. The molecule has 0 saturated carbocycles. The van der Waals surface area contributed by atoms with Gasteiger partial charge in [0.05, 0.1) is 18.8 Å². The predicted octanol–water partition coefficient (Wildman–Crippen LogP) is 3.70. The smallest absolute Gasteiger partial charge is 0.291 e. The maximum atomic E-state index is 12.9. The molecule has 0 unspecified atom stereocenters. The number of hydrogen-bond acceptors (Lipinski definition) is 7. The van der Waals surface area contributed by atoms with Crippen molar-refractivity contribution in [1.29, 1.82) is 0 Å². The second kappa shape index (κ2) is 8.55. The van der Waals surface area contributed by atoms with E-state index in [1.54, 1.807) is 20.3 Å². The van der Waals surface area contributed by atoms with Crippen molar-refractivity contribution in [3.63, 3.8) is 0 Å². The van der Waals surface area contributed by atoms with Crippen LogP contribution in [0, 0.1) is 0 Å². The third-order valence-corrected chi connectivity index (χ3v) is 6.30. The minimum absolute atomic E-state index is 0.151. The Labute approximate surface area is 193 Å². The zero-order chi connectivity index (χ0) is 22.9. The molecule has 8 heteroatoms. The van der Waals surface area contributed by atoms with Gasteiger partial charge in [-0.1, -0.05) is 41.7 Å². The van der Waals surface area contributed by atoms with Crippen molar-refractivity contribution in [2.45, 2.75) is 13.0 Å². The Balaban J connectivity index is 1.44. The normalized spacial score (nSPS) is 16.0. The summed E-state index contributed by atoms with van der Waals surface area (Å²) in [7, 11) is 3.19. The fourth-order valence-electron chi connectivity index (χ4n) is 3.62. The van der Waals surface area contributed by atoms with E-state index < -0.39 is 0 Å². The van der Waals surface area contributed by atoms with Crippen molar-refractivity contribution in [3.8, 4) is 17.2 Å². The maximum absolute atomic E-state index is 12.9. The minimum atomic E-state index is -0.194. The summed E-state index contributed by atoms with van der Waals surface area (Å²) in [5.41, 5.74) is 2.64. The van der Waals surface area contributed by atoms with E-state index in [1.807, 2.05) is 61.5 Å². The summed E-state index contributed by atoms with van der Waals surface area (Å²) < 4.78 is 18.5. The van der Waals surface area contributed by atoms with E-state index in [0.717, 1.165) is 22.4 Å². The fourth-order valence-corrected chi connectivity index (χ4v) is 4.53. The summed E-state index contributed by atoms with van der Waals surface area (Å²) in [5.74, 6) is 2.60. The molecule has 1 aliphatic rings. The molecule has 33 heavy (non-hydrogen) atoms. The standard InChI is InChI=1S/C25H21N3O4S/c1-15-18(13-17-6-4-5-7-19(17)32-15)14-22-24(29)28-25(33-22)26-23(27-28)11-9-16-8-10-20(30-2)21(12-16)31-3/h4-15H,1-3H3/b11-9+,22-14-/t15-/m1/s1. The number of hydrogen-bond donors (Lipinski definition) is 0. The quantitative estimate of drug-likeness (QED) is 0.453. The van der Waals surface area contributed by atoms with E-state index in [0.29, 0.717) is 26.8 Å². The van der Waals surface area contributed by atoms with Crippen LogP contribution < -0.4 is 24.3 Å². The van der Waals surface area contributed by atoms with Gasteiger partial charge in [-0.3, -0.25) is 4.79 Å². The first-order valence-corrected chi connectivity index (χ1v) is 11.2. The van der Waals surface area contributed by atoms with Crippen molar-refractivity contribution in [2.75, 3.05) is 14.2 Å². The highest BCUT2D eigenvalue weighted by atomic mass is 32.1. The molecule has 0 N–H and O–H groups in total. The van der Waals surface area contributed by atoms with Gasteiger partial charge in [0, 0.05) is 5.56 Å². The van der Waals surface area contributed by atoms with Gasteiger partial charge in [0.2, 0.25) is 4.96 Å². The Bertz CT molecular complexity index is 1520. The topological polar surface area (TPSA) is 75.0 Å². The first-order chi connectivity index (χ1) is 16.1. The van der Waals surface area contributed by atoms with Gasteiger partial charge >= 0.3 is 0 Å². The fraction of sp³-hybridized carbons (Fsp3) is 0.160. The molecule has 0 fully saturated rings. The summed E-state index contributed by atoms with van der Waals surface area (Å²) in [6.07, 6.45) is 7.39. The van der Waals surface area contributed by atoms with Crippen LogP contribution in [0.5, 0.6) is 17.2 Å². The van der Waals surface area contributed by atoms with Gasteiger partial charge in [-0.05, 0) is 54.5 Å². The lowest BCUT2D eigenvalue weighted by Crippen LogP contribution is -2.26. The van der Waals surface area contributed by atoms with E-state index in [4.69, 9.17) is 14.2 Å². The monoisotopic (exact) mass is 459 g/mol. The summed E-state index contributed by atoms with van der Waals surface area (Å²) in [4.78, 5) is 17.9. The largest absolute Gasteiger partial charge is 0.493 e. The van der Waals surface area contributed by atoms with Gasteiger partial charge in [-0.25, -0.2) is 0 Å². The van der Waals surface area contributed by atoms with Crippen LogP contribution in [0.25, 0.3) is 29.3 Å². The number of methoxy groups -OCH3 is 2. The zero-order valence-electron chi connectivity index (χ0n) is 18.3. The van der Waals surface area contributed by atoms with Crippen molar-refractivity contribution in [2.24, 2.45) is 0 Å². The first kappa shape index (κ1) is 21.0. The van der Waals surface area contributed by atoms with E-state index in [1.165, 1.54) is 15.9 Å². The molecule has 0 saturated heterocycles. The van der Waals surface area contributed by atoms with E-state index in [9.17, 15) is 4.79 Å². The molecule has 2 aromatic heterocycles. The molecular formula is C25H21N3O4S. The van der Waals surface area contributed by atoms with Gasteiger partial charge in [-0.15, -0.1) is 5.10 Å². The molecule has 4 aromatic rings. The molecule has 0 radical (unpaired) electrons. The van der Waals surface area contributed by atoms with Crippen LogP contribution in [0.4, 0.5) is 0 Å². The predicted molar refractivity (Wildman–Crippen MR) is 130 cm³/mol. The van der Waals surface area contributed by atoms with Gasteiger partial charge in [0.25, 0.3) is 5.56 Å². The lowest BCUT2D eigenvalue weighted by atomic mass is 10.0. The molecule has 0 aliphatic carbocycles. The summed E-state index contributed by atoms with van der Waals surface area (Å²) in [5, 5.41) is 4.36. The van der Waals surface area contributed by atoms with Crippen molar-refractivity contribution in [1.82, 2.24) is 14.6 Å². The van der Waals surface area contributed by atoms with Gasteiger partial charge in [0.15, 0.2) is 17.3 Å². The second-order valence-corrected chi connectivity index (χ2v) is 8.48. The lowest BCUT2D eigenvalue weighted by molar-refractivity contribution is 0.259. The third kappa shape index (κ3) is 4.01. The lowest BCUT2D eigenvalue weighted by Gasteiger charge is -2.22. The highest BCUT2D eigenvalue weighted by Crippen LogP contribution is 2.30. The maximum Gasteiger partial charge on any atom is 0.291 e. The summed E-state index contributed by atoms with van der Waals surface area (Å²) in [6, 6.07) is 13.4. The zero-order valence-corrected chi connectivity index (χ0v) is 19.1. The van der Waals surface area contributed by atoms with E-state index in [-0.39, 0.29) is 11.7 Å². The molecule has 5 rings (SSSR count). The molecule has 2 aromatic carbocycles. The number of fused-ring (bicyclic) bond motifs is 2. The second-order valence-electron chi connectivity index (χ2n) is 7.47. The third-order valence-electron chi connectivity index (χ3n) is 5.34.